The van der Waals surface area contributed by atoms with Crippen LogP contribution in [0.25, 0.3) is 22.0 Å². The highest BCUT2D eigenvalue weighted by molar-refractivity contribution is 6.07. The van der Waals surface area contributed by atoms with E-state index in [0.29, 0.717) is 28.6 Å². The van der Waals surface area contributed by atoms with Gasteiger partial charge in [-0.05, 0) is 24.1 Å². The summed E-state index contributed by atoms with van der Waals surface area (Å²) in [7, 11) is 0. The molecule has 0 aliphatic carbocycles. The first-order chi connectivity index (χ1) is 13.3. The van der Waals surface area contributed by atoms with Gasteiger partial charge in [0.05, 0.1) is 5.69 Å². The fraction of sp³-hybridized carbons (Fsp3) is 0.211. The number of alkyl halides is 3. The smallest absolute Gasteiger partial charge is 0.406 e. The molecule has 0 spiro atoms. The number of carbonyl (C=O) groups excluding carboxylic acids is 1. The van der Waals surface area contributed by atoms with Gasteiger partial charge in [0.1, 0.15) is 11.3 Å². The third-order valence-corrected chi connectivity index (χ3v) is 3.98. The number of nitrogens with zero attached hydrogens (tertiary/aromatic N) is 2. The van der Waals surface area contributed by atoms with Crippen molar-refractivity contribution in [1.29, 1.82) is 0 Å². The van der Waals surface area contributed by atoms with Crippen LogP contribution < -0.4 is 15.8 Å². The van der Waals surface area contributed by atoms with Gasteiger partial charge in [0.15, 0.2) is 5.69 Å². The summed E-state index contributed by atoms with van der Waals surface area (Å²) in [5.74, 6) is -0.732. The first-order valence-electron chi connectivity index (χ1n) is 8.49. The van der Waals surface area contributed by atoms with E-state index in [4.69, 9.17) is 5.73 Å². The molecule has 9 heteroatoms. The van der Waals surface area contributed by atoms with Gasteiger partial charge in [-0.2, -0.15) is 0 Å². The molecule has 0 atom stereocenters. The van der Waals surface area contributed by atoms with Crippen molar-refractivity contribution in [2.24, 2.45) is 0 Å². The molecule has 0 bridgehead atoms. The lowest BCUT2D eigenvalue weighted by Gasteiger charge is -2.12. The number of carbonyl (C=O) groups is 1. The number of hydrogen-bond donors (Lipinski definition) is 2. The molecule has 0 aliphatic rings. The van der Waals surface area contributed by atoms with Crippen molar-refractivity contribution in [2.45, 2.75) is 19.7 Å². The molecule has 3 rings (SSSR count). The Morgan fingerprint density at radius 1 is 1.14 bits per heavy atom. The standard InChI is InChI=1S/C19H17F3N4O2/c1-2-10-24-18(27)17-15(23)14-5-3-4-13(16(14)25-26-17)11-6-8-12(9-7-11)28-19(20,21)22/h3-9H,2,10H2,1H3,(H2,23,25)(H,24,27). The van der Waals surface area contributed by atoms with E-state index in [1.54, 1.807) is 18.2 Å². The van der Waals surface area contributed by atoms with Gasteiger partial charge in [-0.25, -0.2) is 0 Å². The maximum Gasteiger partial charge on any atom is 0.573 e. The van der Waals surface area contributed by atoms with E-state index in [2.05, 4.69) is 20.3 Å². The number of halogens is 3. The van der Waals surface area contributed by atoms with E-state index in [9.17, 15) is 18.0 Å². The highest BCUT2D eigenvalue weighted by Crippen LogP contribution is 2.32. The van der Waals surface area contributed by atoms with E-state index in [1.165, 1.54) is 24.3 Å². The average Bonchev–Trinajstić information content (AvgIpc) is 2.65. The van der Waals surface area contributed by atoms with Gasteiger partial charge in [0.25, 0.3) is 5.91 Å². The minimum Gasteiger partial charge on any atom is -0.406 e. The minimum absolute atomic E-state index is 0.0343. The molecule has 2 aromatic carbocycles. The second-order valence-electron chi connectivity index (χ2n) is 5.99. The number of anilines is 1. The highest BCUT2D eigenvalue weighted by Gasteiger charge is 2.31. The number of amides is 1. The average molecular weight is 390 g/mol. The number of nitrogen functional groups attached to an aromatic ring is 1. The summed E-state index contributed by atoms with van der Waals surface area (Å²) in [4.78, 5) is 12.2. The number of fused-ring (bicyclic) bond motifs is 1. The lowest BCUT2D eigenvalue weighted by atomic mass is 10.0. The van der Waals surface area contributed by atoms with E-state index < -0.39 is 12.3 Å². The molecule has 0 unspecified atom stereocenters. The number of rotatable bonds is 5. The molecular weight excluding hydrogens is 373 g/mol. The van der Waals surface area contributed by atoms with Gasteiger partial charge in [-0.1, -0.05) is 37.3 Å². The molecule has 1 amide bonds. The van der Waals surface area contributed by atoms with E-state index >= 15 is 0 Å². The van der Waals surface area contributed by atoms with Crippen molar-refractivity contribution in [3.63, 3.8) is 0 Å². The Balaban J connectivity index is 1.99. The quantitative estimate of drug-likeness (QED) is 0.689. The maximum atomic E-state index is 12.3. The van der Waals surface area contributed by atoms with Crippen molar-refractivity contribution in [2.75, 3.05) is 12.3 Å². The van der Waals surface area contributed by atoms with Crippen molar-refractivity contribution in [3.8, 4) is 16.9 Å². The number of hydrogen-bond acceptors (Lipinski definition) is 5. The lowest BCUT2D eigenvalue weighted by molar-refractivity contribution is -0.274. The molecule has 3 aromatic rings. The number of aromatic nitrogens is 2. The summed E-state index contributed by atoms with van der Waals surface area (Å²) in [6, 6.07) is 10.6. The fourth-order valence-electron chi connectivity index (χ4n) is 2.71. The third kappa shape index (κ3) is 4.13. The summed E-state index contributed by atoms with van der Waals surface area (Å²) in [6.45, 7) is 2.41. The van der Waals surface area contributed by atoms with Gasteiger partial charge in [0.2, 0.25) is 0 Å². The first-order valence-corrected chi connectivity index (χ1v) is 8.49. The molecule has 0 saturated heterocycles. The van der Waals surface area contributed by atoms with Crippen molar-refractivity contribution in [3.05, 3.63) is 48.2 Å². The molecule has 3 N–H and O–H groups in total. The number of ether oxygens (including phenoxy) is 1. The summed E-state index contributed by atoms with van der Waals surface area (Å²) < 4.78 is 40.8. The number of nitrogens with two attached hydrogens (primary N) is 1. The van der Waals surface area contributed by atoms with Crippen LogP contribution >= 0.6 is 0 Å². The third-order valence-electron chi connectivity index (χ3n) is 3.98. The largest absolute Gasteiger partial charge is 0.573 e. The maximum absolute atomic E-state index is 12.3. The normalized spacial score (nSPS) is 11.4. The number of nitrogens with one attached hydrogen (secondary N) is 1. The molecule has 6 nitrogen and oxygen atoms in total. The van der Waals surface area contributed by atoms with Crippen LogP contribution in [-0.2, 0) is 0 Å². The van der Waals surface area contributed by atoms with E-state index in [-0.39, 0.29) is 17.1 Å². The Bertz CT molecular complexity index is 1000. The Kier molecular flexibility index (Phi) is 5.34. The Morgan fingerprint density at radius 3 is 2.50 bits per heavy atom. The summed E-state index contributed by atoms with van der Waals surface area (Å²) in [5.41, 5.74) is 8.02. The Labute approximate surface area is 158 Å². The molecule has 146 valence electrons. The SMILES string of the molecule is CCCNC(=O)c1nnc2c(-c3ccc(OC(F)(F)F)cc3)cccc2c1N. The van der Waals surface area contributed by atoms with Crippen LogP contribution in [0.15, 0.2) is 42.5 Å². The molecule has 1 aromatic heterocycles. The molecular formula is C19H17F3N4O2. The van der Waals surface area contributed by atoms with E-state index in [0.717, 1.165) is 6.42 Å². The number of benzene rings is 2. The predicted molar refractivity (Wildman–Crippen MR) is 98.7 cm³/mol. The molecule has 0 fully saturated rings. The zero-order chi connectivity index (χ0) is 20.3. The topological polar surface area (TPSA) is 90.1 Å². The molecule has 0 radical (unpaired) electrons. The molecule has 0 saturated carbocycles. The van der Waals surface area contributed by atoms with Crippen molar-refractivity contribution >= 4 is 22.5 Å². The predicted octanol–water partition coefficient (Wildman–Crippen LogP) is 3.92. The van der Waals surface area contributed by atoms with Gasteiger partial charge >= 0.3 is 6.36 Å². The zero-order valence-electron chi connectivity index (χ0n) is 14.9. The van der Waals surface area contributed by atoms with Gasteiger partial charge in [-0.15, -0.1) is 23.4 Å². The van der Waals surface area contributed by atoms with Gasteiger partial charge < -0.3 is 15.8 Å². The van der Waals surface area contributed by atoms with Crippen molar-refractivity contribution < 1.29 is 22.7 Å². The van der Waals surface area contributed by atoms with Crippen LogP contribution in [0.5, 0.6) is 5.75 Å². The Morgan fingerprint density at radius 2 is 1.86 bits per heavy atom. The zero-order valence-corrected chi connectivity index (χ0v) is 14.9. The fourth-order valence-corrected chi connectivity index (χ4v) is 2.71. The monoisotopic (exact) mass is 390 g/mol. The Hall–Kier alpha value is -3.36. The second kappa shape index (κ2) is 7.71. The van der Waals surface area contributed by atoms with Crippen LogP contribution in [0.2, 0.25) is 0 Å². The van der Waals surface area contributed by atoms with Crippen LogP contribution in [0.1, 0.15) is 23.8 Å². The second-order valence-corrected chi connectivity index (χ2v) is 5.99. The highest BCUT2D eigenvalue weighted by atomic mass is 19.4. The van der Waals surface area contributed by atoms with Crippen molar-refractivity contribution in [1.82, 2.24) is 15.5 Å². The van der Waals surface area contributed by atoms with Crippen LogP contribution in [0.3, 0.4) is 0 Å². The van der Waals surface area contributed by atoms with E-state index in [1.807, 2.05) is 6.92 Å². The first kappa shape index (κ1) is 19.4. The van der Waals surface area contributed by atoms with Crippen LogP contribution in [0.4, 0.5) is 18.9 Å². The summed E-state index contributed by atoms with van der Waals surface area (Å²) in [5, 5.41) is 11.3. The van der Waals surface area contributed by atoms with Gasteiger partial charge in [-0.3, -0.25) is 4.79 Å². The van der Waals surface area contributed by atoms with Gasteiger partial charge in [0, 0.05) is 17.5 Å². The lowest BCUT2D eigenvalue weighted by Crippen LogP contribution is -2.26. The molecule has 28 heavy (non-hydrogen) atoms. The van der Waals surface area contributed by atoms with Crippen LogP contribution in [0, 0.1) is 0 Å². The minimum atomic E-state index is -4.75. The van der Waals surface area contributed by atoms with Crippen LogP contribution in [-0.4, -0.2) is 29.0 Å². The molecule has 0 aliphatic heterocycles. The summed E-state index contributed by atoms with van der Waals surface area (Å²) >= 11 is 0. The summed E-state index contributed by atoms with van der Waals surface area (Å²) in [6.07, 6.45) is -3.99. The molecule has 1 heterocycles.